The molecule has 0 aliphatic heterocycles. The Hall–Kier alpha value is -2.58. The van der Waals surface area contributed by atoms with E-state index in [1.165, 1.54) is 24.3 Å². The molecule has 0 unspecified atom stereocenters. The molecule has 2 aromatic rings. The summed E-state index contributed by atoms with van der Waals surface area (Å²) in [6, 6.07) is 8.35. The van der Waals surface area contributed by atoms with Gasteiger partial charge in [-0.05, 0) is 30.3 Å². The number of rotatable bonds is 6. The maximum atomic E-state index is 13.8. The molecular formula is C16H14F2N2O3S. The molecule has 5 nitrogen and oxygen atoms in total. The molecule has 0 bridgehead atoms. The number of benzene rings is 2. The molecule has 2 aromatic carbocycles. The Balaban J connectivity index is 2.32. The van der Waals surface area contributed by atoms with Crippen LogP contribution >= 0.6 is 0 Å². The normalized spacial score (nSPS) is 11.1. The minimum absolute atomic E-state index is 0.0685. The van der Waals surface area contributed by atoms with Crippen molar-refractivity contribution in [3.05, 3.63) is 72.3 Å². The van der Waals surface area contributed by atoms with Gasteiger partial charge >= 0.3 is 0 Å². The Morgan fingerprint density at radius 3 is 2.50 bits per heavy atom. The summed E-state index contributed by atoms with van der Waals surface area (Å²) in [5.74, 6) is -2.41. The Morgan fingerprint density at radius 1 is 1.12 bits per heavy atom. The second-order valence-corrected chi connectivity index (χ2v) is 6.46. The van der Waals surface area contributed by atoms with Gasteiger partial charge < -0.3 is 5.32 Å². The fraction of sp³-hybridized carbons (Fsp3) is 0.0625. The van der Waals surface area contributed by atoms with Crippen molar-refractivity contribution in [2.24, 2.45) is 0 Å². The maximum absolute atomic E-state index is 13.8. The van der Waals surface area contributed by atoms with E-state index in [0.29, 0.717) is 0 Å². The highest BCUT2D eigenvalue weighted by atomic mass is 32.2. The summed E-state index contributed by atoms with van der Waals surface area (Å²) in [4.78, 5) is 11.5. The van der Waals surface area contributed by atoms with E-state index >= 15 is 0 Å². The summed E-state index contributed by atoms with van der Waals surface area (Å²) in [6.07, 6.45) is 1.30. The number of hydrogen-bond acceptors (Lipinski definition) is 3. The molecule has 0 heterocycles. The molecule has 0 saturated carbocycles. The average molecular weight is 352 g/mol. The fourth-order valence-corrected chi connectivity index (χ4v) is 2.95. The van der Waals surface area contributed by atoms with Gasteiger partial charge in [-0.25, -0.2) is 21.9 Å². The summed E-state index contributed by atoms with van der Waals surface area (Å²) < 4.78 is 53.5. The summed E-state index contributed by atoms with van der Waals surface area (Å²) >= 11 is 0. The van der Waals surface area contributed by atoms with Gasteiger partial charge in [-0.1, -0.05) is 18.2 Å². The third-order valence-electron chi connectivity index (χ3n) is 3.02. The third kappa shape index (κ3) is 4.03. The van der Waals surface area contributed by atoms with Gasteiger partial charge in [0.1, 0.15) is 16.5 Å². The summed E-state index contributed by atoms with van der Waals surface area (Å²) in [7, 11) is -4.14. The van der Waals surface area contributed by atoms with E-state index in [0.717, 1.165) is 24.3 Å². The predicted molar refractivity (Wildman–Crippen MR) is 86.1 cm³/mol. The Bertz CT molecular complexity index is 883. The highest BCUT2D eigenvalue weighted by Gasteiger charge is 2.21. The van der Waals surface area contributed by atoms with Crippen molar-refractivity contribution in [1.82, 2.24) is 4.72 Å². The molecule has 2 rings (SSSR count). The Labute approximate surface area is 138 Å². The molecule has 0 fully saturated rings. The van der Waals surface area contributed by atoms with E-state index in [4.69, 9.17) is 0 Å². The van der Waals surface area contributed by atoms with Gasteiger partial charge in [0.25, 0.3) is 5.91 Å². The number of hydrogen-bond donors (Lipinski definition) is 2. The molecule has 24 heavy (non-hydrogen) atoms. The molecule has 2 N–H and O–H groups in total. The number of amides is 1. The monoisotopic (exact) mass is 352 g/mol. The average Bonchev–Trinajstić information content (AvgIpc) is 2.55. The molecule has 0 aliphatic rings. The molecular weight excluding hydrogens is 338 g/mol. The van der Waals surface area contributed by atoms with E-state index < -0.39 is 32.5 Å². The molecule has 0 atom stereocenters. The van der Waals surface area contributed by atoms with Crippen LogP contribution in [0.15, 0.2) is 60.0 Å². The molecule has 0 aliphatic carbocycles. The lowest BCUT2D eigenvalue weighted by atomic mass is 10.2. The molecule has 8 heteroatoms. The van der Waals surface area contributed by atoms with Crippen molar-refractivity contribution in [3.8, 4) is 0 Å². The molecule has 0 aromatic heterocycles. The number of para-hydroxylation sites is 1. The van der Waals surface area contributed by atoms with Crippen molar-refractivity contribution in [1.29, 1.82) is 0 Å². The zero-order valence-electron chi connectivity index (χ0n) is 12.4. The van der Waals surface area contributed by atoms with Gasteiger partial charge in [-0.2, -0.15) is 0 Å². The minimum atomic E-state index is -4.14. The van der Waals surface area contributed by atoms with Crippen molar-refractivity contribution in [2.45, 2.75) is 4.90 Å². The van der Waals surface area contributed by atoms with Crippen molar-refractivity contribution in [2.75, 3.05) is 11.9 Å². The van der Waals surface area contributed by atoms with E-state index in [1.807, 2.05) is 0 Å². The first-order chi connectivity index (χ1) is 11.3. The Kier molecular flexibility index (Phi) is 5.42. The largest absolute Gasteiger partial charge is 0.319 e. The van der Waals surface area contributed by atoms with Crippen molar-refractivity contribution in [3.63, 3.8) is 0 Å². The lowest BCUT2D eigenvalue weighted by Gasteiger charge is -2.09. The second-order valence-electron chi connectivity index (χ2n) is 4.72. The predicted octanol–water partition coefficient (Wildman–Crippen LogP) is 2.68. The summed E-state index contributed by atoms with van der Waals surface area (Å²) in [5, 5.41) is 2.30. The van der Waals surface area contributed by atoms with Crippen LogP contribution in [0.25, 0.3) is 0 Å². The topological polar surface area (TPSA) is 75.3 Å². The van der Waals surface area contributed by atoms with Crippen LogP contribution in [0, 0.1) is 11.6 Å². The molecule has 0 radical (unpaired) electrons. The second kappa shape index (κ2) is 7.33. The number of carbonyl (C=O) groups is 1. The Morgan fingerprint density at radius 2 is 1.83 bits per heavy atom. The van der Waals surface area contributed by atoms with E-state index in [1.54, 1.807) is 0 Å². The third-order valence-corrected chi connectivity index (χ3v) is 4.46. The number of sulfonamides is 1. The van der Waals surface area contributed by atoms with Gasteiger partial charge in [0.2, 0.25) is 10.0 Å². The van der Waals surface area contributed by atoms with Crippen LogP contribution in [-0.2, 0) is 10.0 Å². The van der Waals surface area contributed by atoms with Crippen molar-refractivity contribution < 1.29 is 22.0 Å². The van der Waals surface area contributed by atoms with Crippen LogP contribution in [0.3, 0.4) is 0 Å². The van der Waals surface area contributed by atoms with Gasteiger partial charge in [0, 0.05) is 12.1 Å². The zero-order chi connectivity index (χ0) is 17.7. The van der Waals surface area contributed by atoms with Crippen LogP contribution < -0.4 is 10.0 Å². The van der Waals surface area contributed by atoms with Crippen LogP contribution in [0.2, 0.25) is 0 Å². The van der Waals surface area contributed by atoms with Gasteiger partial charge in [0.05, 0.1) is 5.69 Å². The van der Waals surface area contributed by atoms with Crippen LogP contribution in [0.1, 0.15) is 10.4 Å². The highest BCUT2D eigenvalue weighted by molar-refractivity contribution is 7.89. The highest BCUT2D eigenvalue weighted by Crippen LogP contribution is 2.19. The first-order valence-electron chi connectivity index (χ1n) is 6.81. The van der Waals surface area contributed by atoms with Gasteiger partial charge in [-0.3, -0.25) is 4.79 Å². The molecule has 1 amide bonds. The number of nitrogens with one attached hydrogen (secondary N) is 2. The standard InChI is InChI=1S/C16H14F2N2O3S/c1-2-9-19-24(22,23)15-10-11(7-8-13(15)18)16(21)20-14-6-4-3-5-12(14)17/h2-8,10,19H,1,9H2,(H,20,21). The van der Waals surface area contributed by atoms with Crippen LogP contribution in [0.5, 0.6) is 0 Å². The smallest absolute Gasteiger partial charge is 0.255 e. The maximum Gasteiger partial charge on any atom is 0.255 e. The molecule has 0 saturated heterocycles. The number of carbonyl (C=O) groups excluding carboxylic acids is 1. The number of anilines is 1. The summed E-state index contributed by atoms with van der Waals surface area (Å²) in [6.45, 7) is 3.27. The first kappa shape index (κ1) is 17.8. The lowest BCUT2D eigenvalue weighted by Crippen LogP contribution is -2.25. The van der Waals surface area contributed by atoms with E-state index in [2.05, 4.69) is 16.6 Å². The zero-order valence-corrected chi connectivity index (χ0v) is 13.2. The minimum Gasteiger partial charge on any atom is -0.319 e. The quantitative estimate of drug-likeness (QED) is 0.785. The van der Waals surface area contributed by atoms with E-state index in [-0.39, 0.29) is 17.8 Å². The van der Waals surface area contributed by atoms with E-state index in [9.17, 15) is 22.0 Å². The van der Waals surface area contributed by atoms with Crippen LogP contribution in [-0.4, -0.2) is 20.9 Å². The van der Waals surface area contributed by atoms with Gasteiger partial charge in [0.15, 0.2) is 0 Å². The SMILES string of the molecule is C=CCNS(=O)(=O)c1cc(C(=O)Nc2ccccc2F)ccc1F. The fourth-order valence-electron chi connectivity index (χ4n) is 1.85. The molecule has 126 valence electrons. The van der Waals surface area contributed by atoms with Crippen LogP contribution in [0.4, 0.5) is 14.5 Å². The number of halogens is 2. The van der Waals surface area contributed by atoms with Gasteiger partial charge in [-0.15, -0.1) is 6.58 Å². The van der Waals surface area contributed by atoms with Crippen molar-refractivity contribution >= 4 is 21.6 Å². The first-order valence-corrected chi connectivity index (χ1v) is 8.29. The molecule has 0 spiro atoms. The summed E-state index contributed by atoms with van der Waals surface area (Å²) in [5.41, 5.74) is -0.195. The lowest BCUT2D eigenvalue weighted by molar-refractivity contribution is 0.102.